The molecule has 1 aromatic rings. The molecule has 0 aliphatic heterocycles. The van der Waals surface area contributed by atoms with Crippen LogP contribution in [0.3, 0.4) is 0 Å². The SMILES string of the molecule is FC1(F)C=C(c2ccccn2)C(F)(F)C(F)(F)C(F)(F)C1(F)F. The van der Waals surface area contributed by atoms with Crippen LogP contribution in [-0.2, 0) is 0 Å². The van der Waals surface area contributed by atoms with Gasteiger partial charge in [-0.05, 0) is 12.1 Å². The molecule has 23 heavy (non-hydrogen) atoms. The molecule has 2 rings (SSSR count). The summed E-state index contributed by atoms with van der Waals surface area (Å²) in [6.45, 7) is 0. The van der Waals surface area contributed by atoms with Crippen molar-refractivity contribution in [3.05, 3.63) is 36.2 Å². The van der Waals surface area contributed by atoms with Crippen molar-refractivity contribution < 1.29 is 43.9 Å². The third-order valence-corrected chi connectivity index (χ3v) is 3.21. The number of nitrogens with zero attached hydrogens (tertiary/aromatic N) is 1. The zero-order chi connectivity index (χ0) is 17.9. The van der Waals surface area contributed by atoms with Crippen molar-refractivity contribution >= 4 is 5.57 Å². The molecule has 0 spiro atoms. The molecular weight excluding hydrogens is 348 g/mol. The van der Waals surface area contributed by atoms with Crippen LogP contribution >= 0.6 is 0 Å². The number of alkyl halides is 10. The summed E-state index contributed by atoms with van der Waals surface area (Å²) in [5.74, 6) is -32.5. The summed E-state index contributed by atoms with van der Waals surface area (Å²) in [7, 11) is 0. The van der Waals surface area contributed by atoms with Gasteiger partial charge in [-0.2, -0.15) is 43.9 Å². The molecule has 0 saturated carbocycles. The van der Waals surface area contributed by atoms with E-state index in [2.05, 4.69) is 4.98 Å². The van der Waals surface area contributed by atoms with Crippen LogP contribution in [0.4, 0.5) is 43.9 Å². The van der Waals surface area contributed by atoms with Crippen molar-refractivity contribution in [2.75, 3.05) is 0 Å². The molecule has 0 aromatic carbocycles. The van der Waals surface area contributed by atoms with E-state index in [1.807, 2.05) is 0 Å². The smallest absolute Gasteiger partial charge is 0.256 e. The predicted octanol–water partition coefficient (Wildman–Crippen LogP) is 4.66. The highest BCUT2D eigenvalue weighted by Crippen LogP contribution is 2.62. The molecule has 0 saturated heterocycles. The van der Waals surface area contributed by atoms with Crippen LogP contribution in [0.25, 0.3) is 5.57 Å². The molecule has 1 aliphatic carbocycles. The van der Waals surface area contributed by atoms with Gasteiger partial charge in [-0.25, -0.2) is 0 Å². The highest BCUT2D eigenvalue weighted by molar-refractivity contribution is 5.71. The highest BCUT2D eigenvalue weighted by Gasteiger charge is 2.88. The molecule has 1 aromatic heterocycles. The van der Waals surface area contributed by atoms with Gasteiger partial charge in [0.2, 0.25) is 0 Å². The number of rotatable bonds is 1. The highest BCUT2D eigenvalue weighted by atomic mass is 19.4. The minimum absolute atomic E-state index is 0.521. The summed E-state index contributed by atoms with van der Waals surface area (Å²) < 4.78 is 134. The van der Waals surface area contributed by atoms with Gasteiger partial charge in [-0.15, -0.1) is 0 Å². The number of halogens is 10. The topological polar surface area (TPSA) is 12.9 Å². The predicted molar refractivity (Wildman–Crippen MR) is 56.9 cm³/mol. The van der Waals surface area contributed by atoms with E-state index in [9.17, 15) is 43.9 Å². The Labute approximate surface area is 121 Å². The monoisotopic (exact) mass is 353 g/mol. The standard InChI is InChI=1S/C12H5F10N/c13-8(14)5-6(7-3-1-2-4-23-7)9(15,16)11(19,20)12(21,22)10(8,17)18/h1-5H. The van der Waals surface area contributed by atoms with Crippen LogP contribution in [0.5, 0.6) is 0 Å². The second-order valence-electron chi connectivity index (χ2n) is 4.69. The molecule has 1 nitrogen and oxygen atoms in total. The molecule has 128 valence electrons. The van der Waals surface area contributed by atoms with Gasteiger partial charge >= 0.3 is 29.6 Å². The maximum atomic E-state index is 13.8. The van der Waals surface area contributed by atoms with Crippen molar-refractivity contribution in [2.24, 2.45) is 0 Å². The molecule has 0 bridgehead atoms. The van der Waals surface area contributed by atoms with Crippen molar-refractivity contribution in [1.82, 2.24) is 4.98 Å². The van der Waals surface area contributed by atoms with Crippen LogP contribution in [-0.4, -0.2) is 34.6 Å². The summed E-state index contributed by atoms with van der Waals surface area (Å²) in [6.07, 6.45) is -0.576. The Kier molecular flexibility index (Phi) is 3.51. The first kappa shape index (κ1) is 17.5. The summed E-state index contributed by atoms with van der Waals surface area (Å²) >= 11 is 0. The molecule has 1 heterocycles. The molecule has 0 amide bonds. The maximum Gasteiger partial charge on any atom is 0.385 e. The number of aromatic nitrogens is 1. The summed E-state index contributed by atoms with van der Waals surface area (Å²) in [5.41, 5.74) is -3.67. The van der Waals surface area contributed by atoms with Gasteiger partial charge in [0.05, 0.1) is 11.3 Å². The molecule has 0 unspecified atom stereocenters. The number of allylic oxidation sites excluding steroid dienone is 2. The Hall–Kier alpha value is -1.81. The zero-order valence-electron chi connectivity index (χ0n) is 10.6. The Morgan fingerprint density at radius 3 is 1.74 bits per heavy atom. The molecule has 0 radical (unpaired) electrons. The maximum absolute atomic E-state index is 13.8. The van der Waals surface area contributed by atoms with Crippen molar-refractivity contribution in [3.63, 3.8) is 0 Å². The lowest BCUT2D eigenvalue weighted by atomic mass is 9.95. The summed E-state index contributed by atoms with van der Waals surface area (Å²) in [6, 6.07) is 2.50. The van der Waals surface area contributed by atoms with Crippen molar-refractivity contribution in [1.29, 1.82) is 0 Å². The van der Waals surface area contributed by atoms with Gasteiger partial charge in [-0.3, -0.25) is 4.98 Å². The lowest BCUT2D eigenvalue weighted by Crippen LogP contribution is -2.65. The molecule has 1 aliphatic rings. The van der Waals surface area contributed by atoms with Gasteiger partial charge in [0.15, 0.2) is 0 Å². The lowest BCUT2D eigenvalue weighted by molar-refractivity contribution is -0.380. The summed E-state index contributed by atoms with van der Waals surface area (Å²) in [4.78, 5) is 3.06. The Morgan fingerprint density at radius 2 is 1.26 bits per heavy atom. The van der Waals surface area contributed by atoms with E-state index in [-0.39, 0.29) is 0 Å². The third kappa shape index (κ3) is 2.04. The third-order valence-electron chi connectivity index (χ3n) is 3.21. The second-order valence-corrected chi connectivity index (χ2v) is 4.69. The number of hydrogen-bond donors (Lipinski definition) is 0. The van der Waals surface area contributed by atoms with Gasteiger partial charge in [-0.1, -0.05) is 6.07 Å². The van der Waals surface area contributed by atoms with E-state index in [4.69, 9.17) is 0 Å². The van der Waals surface area contributed by atoms with E-state index in [1.54, 1.807) is 0 Å². The molecule has 0 atom stereocenters. The fourth-order valence-electron chi connectivity index (χ4n) is 1.89. The van der Waals surface area contributed by atoms with E-state index in [0.29, 0.717) is 12.3 Å². The first-order valence-corrected chi connectivity index (χ1v) is 5.74. The van der Waals surface area contributed by atoms with Crippen LogP contribution in [0.1, 0.15) is 5.69 Å². The van der Waals surface area contributed by atoms with Gasteiger partial charge in [0, 0.05) is 12.3 Å². The fourth-order valence-corrected chi connectivity index (χ4v) is 1.89. The van der Waals surface area contributed by atoms with Gasteiger partial charge in [0.1, 0.15) is 0 Å². The minimum atomic E-state index is -7.01. The molecule has 11 heteroatoms. The van der Waals surface area contributed by atoms with E-state index >= 15 is 0 Å². The molecule has 0 fully saturated rings. The van der Waals surface area contributed by atoms with Crippen LogP contribution in [0.2, 0.25) is 0 Å². The Balaban J connectivity index is 2.85. The average Bonchev–Trinajstić information content (AvgIpc) is 2.45. The minimum Gasteiger partial charge on any atom is -0.256 e. The molecular formula is C12H5F10N. The van der Waals surface area contributed by atoms with E-state index < -0.39 is 47.0 Å². The first-order valence-electron chi connectivity index (χ1n) is 5.74. The Bertz CT molecular complexity index is 635. The average molecular weight is 353 g/mol. The summed E-state index contributed by atoms with van der Waals surface area (Å²) in [5, 5.41) is 0. The van der Waals surface area contributed by atoms with Crippen LogP contribution < -0.4 is 0 Å². The van der Waals surface area contributed by atoms with Gasteiger partial charge in [0.25, 0.3) is 0 Å². The van der Waals surface area contributed by atoms with E-state index in [0.717, 1.165) is 12.1 Å². The van der Waals surface area contributed by atoms with Crippen LogP contribution in [0, 0.1) is 0 Å². The van der Waals surface area contributed by atoms with Crippen molar-refractivity contribution in [2.45, 2.75) is 29.6 Å². The van der Waals surface area contributed by atoms with E-state index in [1.165, 1.54) is 0 Å². The van der Waals surface area contributed by atoms with Crippen LogP contribution in [0.15, 0.2) is 30.5 Å². The second kappa shape index (κ2) is 4.60. The van der Waals surface area contributed by atoms with Crippen molar-refractivity contribution in [3.8, 4) is 0 Å². The Morgan fingerprint density at radius 1 is 0.696 bits per heavy atom. The molecule has 0 N–H and O–H groups in total. The van der Waals surface area contributed by atoms with Gasteiger partial charge < -0.3 is 0 Å². The normalized spacial score (nSPS) is 27.0. The fraction of sp³-hybridized carbons (Fsp3) is 0.417. The zero-order valence-corrected chi connectivity index (χ0v) is 10.6. The quantitative estimate of drug-likeness (QED) is 0.670. The first-order chi connectivity index (χ1) is 10.2. The number of pyridine rings is 1. The number of hydrogen-bond acceptors (Lipinski definition) is 1. The lowest BCUT2D eigenvalue weighted by Gasteiger charge is -2.36. The largest absolute Gasteiger partial charge is 0.385 e.